The van der Waals surface area contributed by atoms with Gasteiger partial charge >= 0.3 is 0 Å². The molecule has 3 heterocycles. The van der Waals surface area contributed by atoms with E-state index < -0.39 is 11.6 Å². The second-order valence-corrected chi connectivity index (χ2v) is 18.0. The fourth-order valence-electron chi connectivity index (χ4n) is 11.2. The SMILES string of the molecule is CC1(C)C2=C(C=CC(N3c4ccc(-c5ccc6c7ccccc7n(-c7ccccc7)c6c5)cc4C=Cc4cc5c(cc43)c3ccccc3n5-c3cc(F)cc(F)c3)C2)c2ccccc21. The highest BCUT2D eigenvalue weighted by atomic mass is 19.1. The van der Waals surface area contributed by atoms with Crippen LogP contribution in [-0.2, 0) is 5.41 Å². The molecule has 0 fully saturated rings. The monoisotopic (exact) mass is 829 g/mol. The molecule has 0 amide bonds. The van der Waals surface area contributed by atoms with Crippen molar-refractivity contribution in [2.45, 2.75) is 31.7 Å². The van der Waals surface area contributed by atoms with Gasteiger partial charge < -0.3 is 14.0 Å². The van der Waals surface area contributed by atoms with Crippen LogP contribution < -0.4 is 4.90 Å². The van der Waals surface area contributed by atoms with E-state index in [2.05, 4.69) is 181 Å². The minimum atomic E-state index is -0.608. The van der Waals surface area contributed by atoms with Gasteiger partial charge in [0, 0.05) is 55.7 Å². The van der Waals surface area contributed by atoms with Gasteiger partial charge in [0.05, 0.1) is 33.8 Å². The summed E-state index contributed by atoms with van der Waals surface area (Å²) >= 11 is 0. The average molecular weight is 830 g/mol. The Labute approximate surface area is 369 Å². The third-order valence-corrected chi connectivity index (χ3v) is 14.1. The Morgan fingerprint density at radius 2 is 1.09 bits per heavy atom. The maximum Gasteiger partial charge on any atom is 0.128 e. The van der Waals surface area contributed by atoms with Gasteiger partial charge in [0.2, 0.25) is 0 Å². The Morgan fingerprint density at radius 3 is 1.88 bits per heavy atom. The van der Waals surface area contributed by atoms with Crippen molar-refractivity contribution in [1.29, 1.82) is 0 Å². The smallest absolute Gasteiger partial charge is 0.128 e. The Kier molecular flexibility index (Phi) is 7.84. The third-order valence-electron chi connectivity index (χ3n) is 14.1. The maximum absolute atomic E-state index is 14.9. The number of halogens is 2. The molecular formula is C59H41F2N3. The van der Waals surface area contributed by atoms with E-state index in [0.717, 1.165) is 73.6 Å². The molecule has 8 aromatic carbocycles. The number of fused-ring (bicyclic) bond motifs is 10. The molecule has 10 aromatic rings. The summed E-state index contributed by atoms with van der Waals surface area (Å²) in [6, 6.07) is 58.3. The summed E-state index contributed by atoms with van der Waals surface area (Å²) in [5.74, 6) is -1.22. The van der Waals surface area contributed by atoms with Gasteiger partial charge in [-0.1, -0.05) is 135 Å². The topological polar surface area (TPSA) is 13.1 Å². The molecular weight excluding hydrogens is 789 g/mol. The molecule has 0 N–H and O–H groups in total. The largest absolute Gasteiger partial charge is 0.333 e. The highest BCUT2D eigenvalue weighted by Gasteiger charge is 2.40. The zero-order chi connectivity index (χ0) is 42.8. The molecule has 64 heavy (non-hydrogen) atoms. The van der Waals surface area contributed by atoms with Gasteiger partial charge in [0.1, 0.15) is 11.6 Å². The molecule has 1 unspecified atom stereocenters. The first-order valence-electron chi connectivity index (χ1n) is 22.1. The quantitative estimate of drug-likeness (QED) is 0.172. The van der Waals surface area contributed by atoms with Crippen LogP contribution in [0.4, 0.5) is 20.2 Å². The van der Waals surface area contributed by atoms with Gasteiger partial charge in [0.25, 0.3) is 0 Å². The van der Waals surface area contributed by atoms with Crippen LogP contribution in [0.2, 0.25) is 0 Å². The highest BCUT2D eigenvalue weighted by molar-refractivity contribution is 6.13. The average Bonchev–Trinajstić information content (AvgIpc) is 3.86. The van der Waals surface area contributed by atoms with Crippen molar-refractivity contribution >= 4 is 72.7 Å². The van der Waals surface area contributed by atoms with Gasteiger partial charge in [0.15, 0.2) is 0 Å². The van der Waals surface area contributed by atoms with Gasteiger partial charge in [-0.25, -0.2) is 8.78 Å². The standard InChI is InChI=1S/C59H41F2N3/c1-59(2)51-17-9-6-14-45(51)46-26-24-43(34-52(46)59)63-53-27-23-36(37-22-25-49-47-15-7-10-18-54(47)62(57(49)29-37)42-12-4-3-5-13-42)28-38(53)20-21-39-30-58-50(35-56(39)63)48-16-8-11-19-55(48)64(58)44-32-40(60)31-41(61)33-44/h3-33,35,43H,34H2,1-2H3. The molecule has 0 spiro atoms. The number of hydrogen-bond donors (Lipinski definition) is 0. The Hall–Kier alpha value is -7.76. The molecule has 0 saturated carbocycles. The summed E-state index contributed by atoms with van der Waals surface area (Å²) in [5, 5.41) is 4.49. The lowest BCUT2D eigenvalue weighted by atomic mass is 9.77. The summed E-state index contributed by atoms with van der Waals surface area (Å²) in [5.41, 5.74) is 17.7. The van der Waals surface area contributed by atoms with Crippen molar-refractivity contribution in [3.05, 3.63) is 221 Å². The van der Waals surface area contributed by atoms with Crippen molar-refractivity contribution in [3.63, 3.8) is 0 Å². The maximum atomic E-state index is 14.9. The summed E-state index contributed by atoms with van der Waals surface area (Å²) < 4.78 is 34.1. The van der Waals surface area contributed by atoms with Gasteiger partial charge in [-0.3, -0.25) is 0 Å². The van der Waals surface area contributed by atoms with Crippen LogP contribution in [0.25, 0.3) is 83.8 Å². The number of hydrogen-bond acceptors (Lipinski definition) is 1. The fourth-order valence-corrected chi connectivity index (χ4v) is 11.2. The summed E-state index contributed by atoms with van der Waals surface area (Å²) in [6.45, 7) is 4.73. The molecule has 0 bridgehead atoms. The van der Waals surface area contributed by atoms with Gasteiger partial charge in [-0.15, -0.1) is 0 Å². The first-order valence-corrected chi connectivity index (χ1v) is 22.1. The van der Waals surface area contributed by atoms with Crippen molar-refractivity contribution in [3.8, 4) is 22.5 Å². The number of aromatic nitrogens is 2. The minimum absolute atomic E-state index is 0.0108. The van der Waals surface area contributed by atoms with Crippen LogP contribution in [0, 0.1) is 11.6 Å². The third kappa shape index (κ3) is 5.37. The number of nitrogens with zero attached hydrogens (tertiary/aromatic N) is 3. The lowest BCUT2D eigenvalue weighted by Gasteiger charge is -2.38. The molecule has 1 atom stereocenters. The van der Waals surface area contributed by atoms with Crippen LogP contribution in [0.3, 0.4) is 0 Å². The normalized spacial score (nSPS) is 16.1. The Morgan fingerprint density at radius 1 is 0.484 bits per heavy atom. The molecule has 2 aromatic heterocycles. The van der Waals surface area contributed by atoms with Crippen LogP contribution in [-0.4, -0.2) is 15.2 Å². The highest BCUT2D eigenvalue weighted by Crippen LogP contribution is 2.53. The number of rotatable bonds is 4. The van der Waals surface area contributed by atoms with Gasteiger partial charge in [-0.05, 0) is 112 Å². The zero-order valence-corrected chi connectivity index (χ0v) is 35.4. The van der Waals surface area contributed by atoms with E-state index in [1.165, 1.54) is 56.2 Å². The van der Waals surface area contributed by atoms with Crippen LogP contribution in [0.1, 0.15) is 42.5 Å². The van der Waals surface area contributed by atoms with E-state index in [0.29, 0.717) is 5.69 Å². The van der Waals surface area contributed by atoms with E-state index >= 15 is 0 Å². The van der Waals surface area contributed by atoms with Crippen LogP contribution in [0.5, 0.6) is 0 Å². The summed E-state index contributed by atoms with van der Waals surface area (Å²) in [6.07, 6.45) is 10.1. The Bertz CT molecular complexity index is 3690. The van der Waals surface area contributed by atoms with E-state index in [4.69, 9.17) is 0 Å². The summed E-state index contributed by atoms with van der Waals surface area (Å²) in [4.78, 5) is 2.54. The predicted octanol–water partition coefficient (Wildman–Crippen LogP) is 15.5. The second kappa shape index (κ2) is 13.6. The first-order chi connectivity index (χ1) is 31.3. The molecule has 306 valence electrons. The lowest BCUT2D eigenvalue weighted by molar-refractivity contribution is 0.582. The van der Waals surface area contributed by atoms with Gasteiger partial charge in [-0.2, -0.15) is 0 Å². The minimum Gasteiger partial charge on any atom is -0.333 e. The fraction of sp³-hybridized carbons (Fsp3) is 0.0847. The number of benzene rings is 8. The molecule has 0 radical (unpaired) electrons. The van der Waals surface area contributed by atoms with Crippen molar-refractivity contribution in [2.24, 2.45) is 0 Å². The van der Waals surface area contributed by atoms with E-state index in [1.54, 1.807) is 0 Å². The second-order valence-electron chi connectivity index (χ2n) is 18.0. The zero-order valence-electron chi connectivity index (χ0n) is 35.4. The Balaban J connectivity index is 1.01. The molecule has 13 rings (SSSR count). The first kappa shape index (κ1) is 36.9. The predicted molar refractivity (Wildman–Crippen MR) is 262 cm³/mol. The summed E-state index contributed by atoms with van der Waals surface area (Å²) in [7, 11) is 0. The van der Waals surface area contributed by atoms with E-state index in [9.17, 15) is 8.78 Å². The van der Waals surface area contributed by atoms with Crippen LogP contribution in [0.15, 0.2) is 188 Å². The molecule has 3 aliphatic rings. The van der Waals surface area contributed by atoms with Crippen molar-refractivity contribution in [2.75, 3.05) is 4.90 Å². The van der Waals surface area contributed by atoms with E-state index in [-0.39, 0.29) is 11.5 Å². The molecule has 0 saturated heterocycles. The number of allylic oxidation sites excluding steroid dienone is 2. The molecule has 1 aliphatic heterocycles. The molecule has 5 heteroatoms. The molecule has 2 aliphatic carbocycles. The number of anilines is 2. The number of para-hydroxylation sites is 3. The van der Waals surface area contributed by atoms with Crippen molar-refractivity contribution < 1.29 is 8.78 Å². The van der Waals surface area contributed by atoms with E-state index in [1.807, 2.05) is 22.8 Å². The van der Waals surface area contributed by atoms with Crippen LogP contribution >= 0.6 is 0 Å². The van der Waals surface area contributed by atoms with Crippen molar-refractivity contribution in [1.82, 2.24) is 9.13 Å². The lowest BCUT2D eigenvalue weighted by Crippen LogP contribution is -2.34. The molecule has 3 nitrogen and oxygen atoms in total.